The fourth-order valence-corrected chi connectivity index (χ4v) is 1.53. The molecular weight excluding hydrogens is 240 g/mol. The Morgan fingerprint density at radius 1 is 1.06 bits per heavy atom. The van der Waals surface area contributed by atoms with Crippen LogP contribution in [0.4, 0.5) is 0 Å². The van der Waals surface area contributed by atoms with E-state index in [0.29, 0.717) is 0 Å². The summed E-state index contributed by atoms with van der Waals surface area (Å²) in [6.45, 7) is 0. The molecule has 0 saturated heterocycles. The number of benzene rings is 1. The number of methoxy groups -OCH3 is 2. The molecule has 6 heteroatoms. The van der Waals surface area contributed by atoms with E-state index in [1.165, 1.54) is 32.4 Å². The van der Waals surface area contributed by atoms with Gasteiger partial charge >= 0.3 is 17.9 Å². The fraction of sp³-hybridized carbons (Fsp3) is 0.250. The second kappa shape index (κ2) is 5.81. The van der Waals surface area contributed by atoms with Gasteiger partial charge in [-0.1, -0.05) is 6.07 Å². The van der Waals surface area contributed by atoms with Crippen molar-refractivity contribution in [3.8, 4) is 0 Å². The molecule has 0 aliphatic heterocycles. The van der Waals surface area contributed by atoms with Gasteiger partial charge in [-0.3, -0.25) is 4.79 Å². The zero-order valence-electron chi connectivity index (χ0n) is 9.93. The first-order valence-electron chi connectivity index (χ1n) is 5.01. The van der Waals surface area contributed by atoms with E-state index in [4.69, 9.17) is 5.11 Å². The molecule has 0 aliphatic rings. The Hall–Kier alpha value is -2.37. The van der Waals surface area contributed by atoms with Crippen molar-refractivity contribution in [2.24, 2.45) is 0 Å². The van der Waals surface area contributed by atoms with Gasteiger partial charge in [0.15, 0.2) is 0 Å². The third-order valence-electron chi connectivity index (χ3n) is 2.31. The van der Waals surface area contributed by atoms with Crippen LogP contribution >= 0.6 is 0 Å². The standard InChI is InChI=1S/C12H12O6/c1-17-11(15)7-4-3-5-8(12(16)18-2)9(7)6-10(13)14/h3-5H,6H2,1-2H3,(H,13,14). The zero-order chi connectivity index (χ0) is 13.7. The molecular formula is C12H12O6. The van der Waals surface area contributed by atoms with Crippen LogP contribution in [-0.2, 0) is 20.7 Å². The van der Waals surface area contributed by atoms with Gasteiger partial charge in [-0.25, -0.2) is 9.59 Å². The van der Waals surface area contributed by atoms with Crippen LogP contribution in [0.25, 0.3) is 0 Å². The second-order valence-corrected chi connectivity index (χ2v) is 3.39. The highest BCUT2D eigenvalue weighted by atomic mass is 16.5. The first-order chi connectivity index (χ1) is 8.51. The van der Waals surface area contributed by atoms with E-state index in [1.54, 1.807) is 0 Å². The number of carbonyl (C=O) groups is 3. The van der Waals surface area contributed by atoms with E-state index in [2.05, 4.69) is 9.47 Å². The monoisotopic (exact) mass is 252 g/mol. The third-order valence-corrected chi connectivity index (χ3v) is 2.31. The topological polar surface area (TPSA) is 89.9 Å². The van der Waals surface area contributed by atoms with E-state index < -0.39 is 24.3 Å². The lowest BCUT2D eigenvalue weighted by Gasteiger charge is -2.10. The van der Waals surface area contributed by atoms with E-state index in [0.717, 1.165) is 0 Å². The first kappa shape index (κ1) is 13.7. The summed E-state index contributed by atoms with van der Waals surface area (Å²) in [4.78, 5) is 33.8. The molecule has 1 N–H and O–H groups in total. The van der Waals surface area contributed by atoms with Crippen LogP contribution in [0.5, 0.6) is 0 Å². The highest BCUT2D eigenvalue weighted by Crippen LogP contribution is 2.18. The van der Waals surface area contributed by atoms with Crippen molar-refractivity contribution in [3.63, 3.8) is 0 Å². The van der Waals surface area contributed by atoms with Crippen LogP contribution in [0.1, 0.15) is 26.3 Å². The average Bonchev–Trinajstić information content (AvgIpc) is 2.36. The molecule has 96 valence electrons. The number of esters is 2. The van der Waals surface area contributed by atoms with Crippen LogP contribution in [0.3, 0.4) is 0 Å². The van der Waals surface area contributed by atoms with Crippen molar-refractivity contribution >= 4 is 17.9 Å². The maximum atomic E-state index is 11.5. The van der Waals surface area contributed by atoms with Crippen molar-refractivity contribution in [1.29, 1.82) is 0 Å². The Labute approximate surface area is 103 Å². The summed E-state index contributed by atoms with van der Waals surface area (Å²) < 4.78 is 9.09. The normalized spacial score (nSPS) is 9.67. The first-order valence-corrected chi connectivity index (χ1v) is 5.01. The predicted octanol–water partition coefficient (Wildman–Crippen LogP) is 0.887. The van der Waals surface area contributed by atoms with Crippen molar-refractivity contribution in [2.45, 2.75) is 6.42 Å². The van der Waals surface area contributed by atoms with Crippen LogP contribution in [-0.4, -0.2) is 37.2 Å². The van der Waals surface area contributed by atoms with Gasteiger partial charge in [-0.15, -0.1) is 0 Å². The Kier molecular flexibility index (Phi) is 4.42. The molecule has 0 heterocycles. The maximum absolute atomic E-state index is 11.5. The molecule has 18 heavy (non-hydrogen) atoms. The van der Waals surface area contributed by atoms with Gasteiger partial charge in [0.2, 0.25) is 0 Å². The molecule has 0 bridgehead atoms. The summed E-state index contributed by atoms with van der Waals surface area (Å²) in [5, 5.41) is 8.82. The summed E-state index contributed by atoms with van der Waals surface area (Å²) in [6, 6.07) is 4.26. The summed E-state index contributed by atoms with van der Waals surface area (Å²) in [5.74, 6) is -2.55. The minimum absolute atomic E-state index is 0.0443. The van der Waals surface area contributed by atoms with Gasteiger partial charge < -0.3 is 14.6 Å². The molecule has 0 aromatic heterocycles. The number of carboxylic acid groups (broad SMARTS) is 1. The number of hydrogen-bond acceptors (Lipinski definition) is 5. The molecule has 1 aromatic carbocycles. The van der Waals surface area contributed by atoms with Crippen molar-refractivity contribution in [2.75, 3.05) is 14.2 Å². The number of rotatable bonds is 4. The summed E-state index contributed by atoms with van der Waals surface area (Å²) >= 11 is 0. The molecule has 6 nitrogen and oxygen atoms in total. The minimum atomic E-state index is -1.16. The van der Waals surface area contributed by atoms with E-state index in [1.807, 2.05) is 0 Å². The van der Waals surface area contributed by atoms with Gasteiger partial charge in [0.05, 0.1) is 31.8 Å². The highest BCUT2D eigenvalue weighted by molar-refractivity contribution is 5.99. The summed E-state index contributed by atoms with van der Waals surface area (Å²) in [5.41, 5.74) is 0.175. The Morgan fingerprint density at radius 2 is 1.50 bits per heavy atom. The van der Waals surface area contributed by atoms with Crippen LogP contribution in [0.15, 0.2) is 18.2 Å². The van der Waals surface area contributed by atoms with Gasteiger partial charge in [0.25, 0.3) is 0 Å². The van der Waals surface area contributed by atoms with Gasteiger partial charge in [0, 0.05) is 0 Å². The highest BCUT2D eigenvalue weighted by Gasteiger charge is 2.21. The minimum Gasteiger partial charge on any atom is -0.481 e. The molecule has 0 amide bonds. The van der Waals surface area contributed by atoms with Crippen LogP contribution < -0.4 is 0 Å². The van der Waals surface area contributed by atoms with Crippen LogP contribution in [0, 0.1) is 0 Å². The summed E-state index contributed by atoms with van der Waals surface area (Å²) in [7, 11) is 2.36. The largest absolute Gasteiger partial charge is 0.481 e. The lowest BCUT2D eigenvalue weighted by molar-refractivity contribution is -0.136. The predicted molar refractivity (Wildman–Crippen MR) is 60.5 cm³/mol. The van der Waals surface area contributed by atoms with E-state index in [9.17, 15) is 14.4 Å². The smallest absolute Gasteiger partial charge is 0.338 e. The van der Waals surface area contributed by atoms with Crippen molar-refractivity contribution < 1.29 is 29.0 Å². The number of ether oxygens (including phenoxy) is 2. The third kappa shape index (κ3) is 2.85. The number of hydrogen-bond donors (Lipinski definition) is 1. The molecule has 1 rings (SSSR count). The number of aliphatic carboxylic acids is 1. The maximum Gasteiger partial charge on any atom is 0.338 e. The lowest BCUT2D eigenvalue weighted by atomic mass is 9.98. The molecule has 0 atom stereocenters. The Morgan fingerprint density at radius 3 is 1.83 bits per heavy atom. The summed E-state index contributed by atoms with van der Waals surface area (Å²) in [6.07, 6.45) is -0.463. The molecule has 0 unspecified atom stereocenters. The van der Waals surface area contributed by atoms with E-state index in [-0.39, 0.29) is 16.7 Å². The fourth-order valence-electron chi connectivity index (χ4n) is 1.53. The van der Waals surface area contributed by atoms with Crippen molar-refractivity contribution in [1.82, 2.24) is 0 Å². The molecule has 0 spiro atoms. The molecule has 0 saturated carbocycles. The lowest BCUT2D eigenvalue weighted by Crippen LogP contribution is -2.15. The van der Waals surface area contributed by atoms with Crippen LogP contribution in [0.2, 0.25) is 0 Å². The molecule has 0 fully saturated rings. The SMILES string of the molecule is COC(=O)c1cccc(C(=O)OC)c1CC(=O)O. The Balaban J connectivity index is 3.38. The Bertz CT molecular complexity index is 457. The number of carbonyl (C=O) groups excluding carboxylic acids is 2. The number of carboxylic acids is 1. The quantitative estimate of drug-likeness (QED) is 0.800. The molecule has 1 aromatic rings. The van der Waals surface area contributed by atoms with Gasteiger partial charge in [-0.05, 0) is 17.7 Å². The second-order valence-electron chi connectivity index (χ2n) is 3.39. The zero-order valence-corrected chi connectivity index (χ0v) is 9.93. The van der Waals surface area contributed by atoms with Gasteiger partial charge in [0.1, 0.15) is 0 Å². The molecule has 0 aliphatic carbocycles. The van der Waals surface area contributed by atoms with E-state index >= 15 is 0 Å². The van der Waals surface area contributed by atoms with Gasteiger partial charge in [-0.2, -0.15) is 0 Å². The average molecular weight is 252 g/mol. The van der Waals surface area contributed by atoms with Crippen molar-refractivity contribution in [3.05, 3.63) is 34.9 Å². The molecule has 0 radical (unpaired) electrons.